The van der Waals surface area contributed by atoms with Gasteiger partial charge < -0.3 is 5.32 Å². The molecule has 2 aromatic heterocycles. The fraction of sp³-hybridized carbons (Fsp3) is 0.375. The first kappa shape index (κ1) is 13.1. The fourth-order valence-corrected chi connectivity index (χ4v) is 3.51. The number of nitrogens with zero attached hydrogens (tertiary/aromatic N) is 3. The van der Waals surface area contributed by atoms with Crippen LogP contribution in [0.3, 0.4) is 0 Å². The van der Waals surface area contributed by atoms with Gasteiger partial charge in [-0.05, 0) is 24.1 Å². The van der Waals surface area contributed by atoms with Crippen molar-refractivity contribution in [2.45, 2.75) is 17.3 Å². The van der Waals surface area contributed by atoms with Crippen molar-refractivity contribution < 1.29 is 8.42 Å². The Balaban J connectivity index is 2.05. The van der Waals surface area contributed by atoms with Crippen LogP contribution >= 0.6 is 11.3 Å². The third-order valence-corrected chi connectivity index (χ3v) is 4.97. The van der Waals surface area contributed by atoms with E-state index < -0.39 is 10.0 Å². The molecule has 0 aliphatic rings. The topological polar surface area (TPSA) is 113 Å². The molecule has 3 N–H and O–H groups in total. The van der Waals surface area contributed by atoms with Gasteiger partial charge in [0.1, 0.15) is 4.21 Å². The average Bonchev–Trinajstić information content (AvgIpc) is 2.98. The summed E-state index contributed by atoms with van der Waals surface area (Å²) < 4.78 is 26.6. The van der Waals surface area contributed by atoms with Gasteiger partial charge in [-0.15, -0.1) is 21.5 Å². The second-order valence-electron chi connectivity index (χ2n) is 3.46. The molecule has 2 rings (SSSR count). The van der Waals surface area contributed by atoms with Gasteiger partial charge in [0.15, 0.2) is 5.82 Å². The van der Waals surface area contributed by atoms with Gasteiger partial charge in [0.05, 0.1) is 6.54 Å². The Morgan fingerprint density at radius 2 is 2.28 bits per heavy atom. The lowest BCUT2D eigenvalue weighted by Gasteiger charge is -2.01. The molecule has 0 unspecified atom stereocenters. The molecule has 2 aromatic rings. The molecule has 0 saturated heterocycles. The SMILES string of the molecule is CNCc1csc(S(=O)(=O)NCc2nn[nH]n2)c1. The highest BCUT2D eigenvalue weighted by Crippen LogP contribution is 2.20. The smallest absolute Gasteiger partial charge is 0.250 e. The van der Waals surface area contributed by atoms with Crippen LogP contribution in [0.5, 0.6) is 0 Å². The number of H-pyrrole nitrogens is 1. The van der Waals surface area contributed by atoms with Crippen molar-refractivity contribution in [2.24, 2.45) is 0 Å². The molecule has 0 aliphatic heterocycles. The largest absolute Gasteiger partial charge is 0.316 e. The Bertz CT molecular complexity index is 591. The van der Waals surface area contributed by atoms with Gasteiger partial charge in [0, 0.05) is 6.54 Å². The molecule has 8 nitrogen and oxygen atoms in total. The molecular formula is C8H12N6O2S2. The van der Waals surface area contributed by atoms with Crippen LogP contribution in [0.2, 0.25) is 0 Å². The third kappa shape index (κ3) is 3.10. The van der Waals surface area contributed by atoms with Crippen LogP contribution in [-0.4, -0.2) is 36.1 Å². The van der Waals surface area contributed by atoms with Crippen LogP contribution < -0.4 is 10.0 Å². The Hall–Kier alpha value is -1.36. The first-order valence-corrected chi connectivity index (χ1v) is 7.42. The Labute approximate surface area is 108 Å². The monoisotopic (exact) mass is 288 g/mol. The minimum Gasteiger partial charge on any atom is -0.316 e. The molecule has 0 atom stereocenters. The van der Waals surface area contributed by atoms with Crippen LogP contribution in [-0.2, 0) is 23.1 Å². The molecule has 98 valence electrons. The van der Waals surface area contributed by atoms with Gasteiger partial charge in [-0.25, -0.2) is 13.1 Å². The summed E-state index contributed by atoms with van der Waals surface area (Å²) in [5.41, 5.74) is 0.933. The zero-order valence-electron chi connectivity index (χ0n) is 9.54. The summed E-state index contributed by atoms with van der Waals surface area (Å²) in [4.78, 5) is 0. The van der Waals surface area contributed by atoms with Crippen molar-refractivity contribution in [3.8, 4) is 0 Å². The lowest BCUT2D eigenvalue weighted by Crippen LogP contribution is -2.23. The zero-order chi connectivity index (χ0) is 13.0. The highest BCUT2D eigenvalue weighted by molar-refractivity contribution is 7.91. The van der Waals surface area contributed by atoms with Crippen molar-refractivity contribution in [1.82, 2.24) is 30.7 Å². The predicted octanol–water partition coefficient (Wildman–Crippen LogP) is -0.541. The number of hydrogen-bond acceptors (Lipinski definition) is 7. The molecule has 10 heteroatoms. The number of rotatable bonds is 6. The van der Waals surface area contributed by atoms with Crippen molar-refractivity contribution >= 4 is 21.4 Å². The van der Waals surface area contributed by atoms with E-state index in [9.17, 15) is 8.42 Å². The molecule has 0 saturated carbocycles. The fourth-order valence-electron chi connectivity index (χ4n) is 1.28. The number of tetrazole rings is 1. The molecule has 0 aliphatic carbocycles. The van der Waals surface area contributed by atoms with Crippen molar-refractivity contribution in [1.29, 1.82) is 0 Å². The van der Waals surface area contributed by atoms with E-state index >= 15 is 0 Å². The highest BCUT2D eigenvalue weighted by Gasteiger charge is 2.17. The van der Waals surface area contributed by atoms with Gasteiger partial charge in [-0.2, -0.15) is 5.21 Å². The van der Waals surface area contributed by atoms with Crippen LogP contribution in [0.15, 0.2) is 15.7 Å². The van der Waals surface area contributed by atoms with Crippen molar-refractivity contribution in [3.63, 3.8) is 0 Å². The van der Waals surface area contributed by atoms with E-state index in [4.69, 9.17) is 0 Å². The molecule has 0 aromatic carbocycles. The first-order chi connectivity index (χ1) is 8.62. The summed E-state index contributed by atoms with van der Waals surface area (Å²) in [6.07, 6.45) is 0. The van der Waals surface area contributed by atoms with E-state index in [1.165, 1.54) is 11.3 Å². The lowest BCUT2D eigenvalue weighted by atomic mass is 10.3. The van der Waals surface area contributed by atoms with Gasteiger partial charge in [-0.1, -0.05) is 5.21 Å². The summed E-state index contributed by atoms with van der Waals surface area (Å²) >= 11 is 1.18. The van der Waals surface area contributed by atoms with Gasteiger partial charge in [0.2, 0.25) is 10.0 Å². The van der Waals surface area contributed by atoms with Gasteiger partial charge in [0.25, 0.3) is 0 Å². The Kier molecular flexibility index (Phi) is 4.01. The van der Waals surface area contributed by atoms with Crippen LogP contribution in [0.1, 0.15) is 11.4 Å². The average molecular weight is 288 g/mol. The van der Waals surface area contributed by atoms with Crippen molar-refractivity contribution in [2.75, 3.05) is 7.05 Å². The summed E-state index contributed by atoms with van der Waals surface area (Å²) in [6, 6.07) is 1.64. The van der Waals surface area contributed by atoms with E-state index in [1.807, 2.05) is 0 Å². The van der Waals surface area contributed by atoms with Crippen LogP contribution in [0.4, 0.5) is 0 Å². The number of nitrogens with one attached hydrogen (secondary N) is 3. The molecule has 2 heterocycles. The maximum atomic E-state index is 11.9. The van der Waals surface area contributed by atoms with Crippen LogP contribution in [0, 0.1) is 0 Å². The Morgan fingerprint density at radius 1 is 1.44 bits per heavy atom. The summed E-state index contributed by atoms with van der Waals surface area (Å²) in [5, 5.41) is 17.7. The third-order valence-electron chi connectivity index (χ3n) is 2.08. The number of sulfonamides is 1. The molecule has 0 bridgehead atoms. The van der Waals surface area contributed by atoms with Gasteiger partial charge in [-0.3, -0.25) is 0 Å². The minimum absolute atomic E-state index is 0.0120. The maximum absolute atomic E-state index is 11.9. The van der Waals surface area contributed by atoms with E-state index in [1.54, 1.807) is 18.5 Å². The standard InChI is InChI=1S/C8H12N6O2S2/c1-9-3-6-2-8(17-5-6)18(15,16)10-4-7-11-13-14-12-7/h2,5,9-10H,3-4H2,1H3,(H,11,12,13,14). The summed E-state index contributed by atoms with van der Waals surface area (Å²) in [7, 11) is -1.71. The number of thiophene rings is 1. The summed E-state index contributed by atoms with van der Waals surface area (Å²) in [6.45, 7) is 0.648. The van der Waals surface area contributed by atoms with Crippen molar-refractivity contribution in [3.05, 3.63) is 22.8 Å². The molecular weight excluding hydrogens is 276 g/mol. The normalized spacial score (nSPS) is 11.8. The van der Waals surface area contributed by atoms with E-state index in [2.05, 4.69) is 30.7 Å². The number of aromatic amines is 1. The Morgan fingerprint density at radius 3 is 2.94 bits per heavy atom. The molecule has 0 spiro atoms. The lowest BCUT2D eigenvalue weighted by molar-refractivity contribution is 0.581. The maximum Gasteiger partial charge on any atom is 0.250 e. The second-order valence-corrected chi connectivity index (χ2v) is 6.36. The van der Waals surface area contributed by atoms with E-state index in [0.29, 0.717) is 12.4 Å². The predicted molar refractivity (Wildman–Crippen MR) is 65.3 cm³/mol. The molecule has 0 fully saturated rings. The van der Waals surface area contributed by atoms with E-state index in [-0.39, 0.29) is 10.8 Å². The molecule has 18 heavy (non-hydrogen) atoms. The number of hydrogen-bond donors (Lipinski definition) is 3. The van der Waals surface area contributed by atoms with Crippen LogP contribution in [0.25, 0.3) is 0 Å². The van der Waals surface area contributed by atoms with Gasteiger partial charge >= 0.3 is 0 Å². The molecule has 0 radical (unpaired) electrons. The summed E-state index contributed by atoms with van der Waals surface area (Å²) in [5.74, 6) is 0.297. The highest BCUT2D eigenvalue weighted by atomic mass is 32.2. The quantitative estimate of drug-likeness (QED) is 0.658. The first-order valence-electron chi connectivity index (χ1n) is 5.06. The van der Waals surface area contributed by atoms with E-state index in [0.717, 1.165) is 5.56 Å². The second kappa shape index (κ2) is 5.52. The molecule has 0 amide bonds. The zero-order valence-corrected chi connectivity index (χ0v) is 11.2. The number of aromatic nitrogens is 4. The minimum atomic E-state index is -3.51.